The van der Waals surface area contributed by atoms with E-state index in [1.807, 2.05) is 12.4 Å². The summed E-state index contributed by atoms with van der Waals surface area (Å²) >= 11 is 0. The third-order valence-corrected chi connectivity index (χ3v) is 2.75. The number of hydrogen-bond donors (Lipinski definition) is 1. The average Bonchev–Trinajstić information content (AvgIpc) is 2.75. The van der Waals surface area contributed by atoms with Gasteiger partial charge in [0.2, 0.25) is 5.95 Å². The van der Waals surface area contributed by atoms with E-state index in [-0.39, 0.29) is 0 Å². The first-order valence-electron chi connectivity index (χ1n) is 5.60. The fourth-order valence-electron chi connectivity index (χ4n) is 1.71. The largest absolute Gasteiger partial charge is 0.352 e. The van der Waals surface area contributed by atoms with Crippen molar-refractivity contribution >= 4 is 5.95 Å². The van der Waals surface area contributed by atoms with Crippen molar-refractivity contribution in [1.82, 2.24) is 9.55 Å². The molecule has 0 fully saturated rings. The summed E-state index contributed by atoms with van der Waals surface area (Å²) in [6, 6.07) is 8.40. The van der Waals surface area contributed by atoms with E-state index in [0.717, 1.165) is 19.0 Å². The van der Waals surface area contributed by atoms with Gasteiger partial charge in [0.1, 0.15) is 0 Å². The lowest BCUT2D eigenvalue weighted by atomic mass is 10.1. The Labute approximate surface area is 96.1 Å². The molecule has 0 atom stereocenters. The summed E-state index contributed by atoms with van der Waals surface area (Å²) < 4.78 is 2.10. The van der Waals surface area contributed by atoms with Crippen molar-refractivity contribution in [1.29, 1.82) is 0 Å². The number of anilines is 1. The minimum Gasteiger partial charge on any atom is -0.352 e. The second-order valence-corrected chi connectivity index (χ2v) is 3.82. The second-order valence-electron chi connectivity index (χ2n) is 3.82. The first-order chi connectivity index (χ1) is 7.81. The van der Waals surface area contributed by atoms with Crippen molar-refractivity contribution in [2.24, 2.45) is 0 Å². The maximum absolute atomic E-state index is 4.28. The summed E-state index contributed by atoms with van der Waals surface area (Å²) in [7, 11) is 0. The van der Waals surface area contributed by atoms with Gasteiger partial charge in [-0.15, -0.1) is 0 Å². The van der Waals surface area contributed by atoms with Crippen LogP contribution < -0.4 is 5.32 Å². The van der Waals surface area contributed by atoms with E-state index in [1.165, 1.54) is 11.1 Å². The van der Waals surface area contributed by atoms with E-state index in [9.17, 15) is 0 Å². The monoisotopic (exact) mass is 215 g/mol. The number of rotatable bonds is 4. The molecule has 1 heterocycles. The van der Waals surface area contributed by atoms with Crippen LogP contribution in [0.25, 0.3) is 0 Å². The zero-order valence-electron chi connectivity index (χ0n) is 9.77. The summed E-state index contributed by atoms with van der Waals surface area (Å²) in [6.45, 7) is 6.00. The predicted molar refractivity (Wildman–Crippen MR) is 66.4 cm³/mol. The molecular formula is C13H17N3. The number of aromatic nitrogens is 2. The van der Waals surface area contributed by atoms with Gasteiger partial charge in [0.05, 0.1) is 0 Å². The Bertz CT molecular complexity index is 460. The fraction of sp³-hybridized carbons (Fsp3) is 0.308. The molecule has 3 heteroatoms. The Morgan fingerprint density at radius 3 is 2.88 bits per heavy atom. The number of nitrogens with one attached hydrogen (secondary N) is 1. The highest BCUT2D eigenvalue weighted by molar-refractivity contribution is 5.32. The Hall–Kier alpha value is -1.77. The quantitative estimate of drug-likeness (QED) is 0.850. The SMILES string of the molecule is CCn1ccnc1NCc1ccccc1C. The molecule has 0 bridgehead atoms. The van der Waals surface area contributed by atoms with E-state index in [2.05, 4.69) is 53.0 Å². The number of benzene rings is 1. The van der Waals surface area contributed by atoms with Crippen molar-refractivity contribution in [3.63, 3.8) is 0 Å². The lowest BCUT2D eigenvalue weighted by molar-refractivity contribution is 0.763. The average molecular weight is 215 g/mol. The van der Waals surface area contributed by atoms with E-state index >= 15 is 0 Å². The minimum absolute atomic E-state index is 0.823. The summed E-state index contributed by atoms with van der Waals surface area (Å²) in [6.07, 6.45) is 3.81. The van der Waals surface area contributed by atoms with Crippen LogP contribution >= 0.6 is 0 Å². The van der Waals surface area contributed by atoms with Gasteiger partial charge in [0, 0.05) is 25.5 Å². The molecule has 0 saturated carbocycles. The maximum Gasteiger partial charge on any atom is 0.203 e. The maximum atomic E-state index is 4.28. The summed E-state index contributed by atoms with van der Waals surface area (Å²) in [4.78, 5) is 4.28. The molecule has 16 heavy (non-hydrogen) atoms. The van der Waals surface area contributed by atoms with Gasteiger partial charge >= 0.3 is 0 Å². The normalized spacial score (nSPS) is 10.4. The number of imidazole rings is 1. The van der Waals surface area contributed by atoms with E-state index in [0.29, 0.717) is 0 Å². The van der Waals surface area contributed by atoms with Crippen molar-refractivity contribution < 1.29 is 0 Å². The van der Waals surface area contributed by atoms with Gasteiger partial charge < -0.3 is 9.88 Å². The third kappa shape index (κ3) is 2.24. The Balaban J connectivity index is 2.05. The molecule has 0 saturated heterocycles. The Kier molecular flexibility index (Phi) is 3.25. The lowest BCUT2D eigenvalue weighted by Crippen LogP contribution is -2.07. The lowest BCUT2D eigenvalue weighted by Gasteiger charge is -2.09. The van der Waals surface area contributed by atoms with Crippen LogP contribution in [0.4, 0.5) is 5.95 Å². The van der Waals surface area contributed by atoms with Crippen LogP contribution in [0.5, 0.6) is 0 Å². The topological polar surface area (TPSA) is 29.9 Å². The Morgan fingerprint density at radius 1 is 1.31 bits per heavy atom. The molecule has 1 aromatic carbocycles. The van der Waals surface area contributed by atoms with Gasteiger partial charge in [-0.05, 0) is 25.0 Å². The van der Waals surface area contributed by atoms with Crippen molar-refractivity contribution in [2.75, 3.05) is 5.32 Å². The number of nitrogens with zero attached hydrogens (tertiary/aromatic N) is 2. The molecule has 0 spiro atoms. The summed E-state index contributed by atoms with van der Waals surface area (Å²) in [5.74, 6) is 0.936. The van der Waals surface area contributed by atoms with Gasteiger partial charge in [-0.2, -0.15) is 0 Å². The molecule has 1 N–H and O–H groups in total. The minimum atomic E-state index is 0.823. The highest BCUT2D eigenvalue weighted by atomic mass is 15.2. The van der Waals surface area contributed by atoms with E-state index in [1.54, 1.807) is 0 Å². The highest BCUT2D eigenvalue weighted by Crippen LogP contribution is 2.10. The first kappa shape index (κ1) is 10.7. The van der Waals surface area contributed by atoms with E-state index < -0.39 is 0 Å². The van der Waals surface area contributed by atoms with Crippen LogP contribution in [0, 0.1) is 6.92 Å². The number of aryl methyl sites for hydroxylation is 2. The third-order valence-electron chi connectivity index (χ3n) is 2.75. The molecular weight excluding hydrogens is 198 g/mol. The molecule has 2 rings (SSSR count). The van der Waals surface area contributed by atoms with Crippen LogP contribution in [0.1, 0.15) is 18.1 Å². The van der Waals surface area contributed by atoms with Crippen LogP contribution in [0.15, 0.2) is 36.7 Å². The van der Waals surface area contributed by atoms with Gasteiger partial charge in [0.15, 0.2) is 0 Å². The first-order valence-corrected chi connectivity index (χ1v) is 5.60. The molecule has 0 unspecified atom stereocenters. The van der Waals surface area contributed by atoms with Crippen LogP contribution in [0.2, 0.25) is 0 Å². The molecule has 1 aromatic heterocycles. The fourth-order valence-corrected chi connectivity index (χ4v) is 1.71. The van der Waals surface area contributed by atoms with Gasteiger partial charge in [-0.1, -0.05) is 24.3 Å². The highest BCUT2D eigenvalue weighted by Gasteiger charge is 2.01. The summed E-state index contributed by atoms with van der Waals surface area (Å²) in [5, 5.41) is 3.35. The van der Waals surface area contributed by atoms with E-state index in [4.69, 9.17) is 0 Å². The zero-order valence-corrected chi connectivity index (χ0v) is 9.77. The van der Waals surface area contributed by atoms with Gasteiger partial charge in [-0.25, -0.2) is 4.98 Å². The smallest absolute Gasteiger partial charge is 0.203 e. The second kappa shape index (κ2) is 4.84. The van der Waals surface area contributed by atoms with Crippen LogP contribution in [-0.2, 0) is 13.1 Å². The summed E-state index contributed by atoms with van der Waals surface area (Å²) in [5.41, 5.74) is 2.62. The molecule has 0 radical (unpaired) electrons. The van der Waals surface area contributed by atoms with Crippen molar-refractivity contribution in [3.05, 3.63) is 47.8 Å². The molecule has 0 aliphatic carbocycles. The molecule has 2 aromatic rings. The standard InChI is InChI=1S/C13H17N3/c1-3-16-9-8-14-13(16)15-10-12-7-5-4-6-11(12)2/h4-9H,3,10H2,1-2H3,(H,14,15). The van der Waals surface area contributed by atoms with Crippen LogP contribution in [0.3, 0.4) is 0 Å². The van der Waals surface area contributed by atoms with Crippen LogP contribution in [-0.4, -0.2) is 9.55 Å². The van der Waals surface area contributed by atoms with Gasteiger partial charge in [-0.3, -0.25) is 0 Å². The molecule has 0 aliphatic heterocycles. The zero-order chi connectivity index (χ0) is 11.4. The number of hydrogen-bond acceptors (Lipinski definition) is 2. The van der Waals surface area contributed by atoms with Gasteiger partial charge in [0.25, 0.3) is 0 Å². The molecule has 3 nitrogen and oxygen atoms in total. The molecule has 0 aliphatic rings. The predicted octanol–water partition coefficient (Wildman–Crippen LogP) is 2.82. The molecule has 84 valence electrons. The Morgan fingerprint density at radius 2 is 2.12 bits per heavy atom. The molecule has 0 amide bonds. The van der Waals surface area contributed by atoms with Crippen molar-refractivity contribution in [3.8, 4) is 0 Å². The van der Waals surface area contributed by atoms with Crippen molar-refractivity contribution in [2.45, 2.75) is 26.9 Å².